The number of nitrogens with zero attached hydrogens (tertiary/aromatic N) is 4. The summed E-state index contributed by atoms with van der Waals surface area (Å²) in [6.07, 6.45) is 1.96. The zero-order chi connectivity index (χ0) is 26.0. The van der Waals surface area contributed by atoms with Gasteiger partial charge in [-0.3, -0.25) is 9.59 Å². The Kier molecular flexibility index (Phi) is 7.50. The highest BCUT2D eigenvalue weighted by atomic mass is 16.2. The van der Waals surface area contributed by atoms with Crippen molar-refractivity contribution in [3.8, 4) is 11.1 Å². The number of carbonyl (C=O) groups is 2. The van der Waals surface area contributed by atoms with E-state index in [1.54, 1.807) is 19.0 Å². The number of amides is 2. The van der Waals surface area contributed by atoms with E-state index < -0.39 is 0 Å². The minimum absolute atomic E-state index is 0.0327. The highest BCUT2D eigenvalue weighted by Gasteiger charge is 2.19. The number of anilines is 1. The van der Waals surface area contributed by atoms with Crippen LogP contribution in [-0.2, 0) is 7.05 Å². The van der Waals surface area contributed by atoms with Crippen molar-refractivity contribution in [2.75, 3.05) is 52.2 Å². The largest absolute Gasteiger partial charge is 0.369 e. The summed E-state index contributed by atoms with van der Waals surface area (Å²) in [6, 6.07) is 16.0. The number of likely N-dealkylation sites (N-methyl/N-ethyl adjacent to an activating group) is 1. The van der Waals surface area contributed by atoms with Crippen LogP contribution >= 0.6 is 0 Å². The van der Waals surface area contributed by atoms with Gasteiger partial charge < -0.3 is 24.6 Å². The van der Waals surface area contributed by atoms with Crippen molar-refractivity contribution in [1.82, 2.24) is 19.7 Å². The molecule has 1 aromatic heterocycles. The second-order valence-electron chi connectivity index (χ2n) is 10.0. The molecule has 0 aliphatic carbocycles. The fourth-order valence-electron chi connectivity index (χ4n) is 4.63. The molecule has 1 aliphatic heterocycles. The number of carbonyl (C=O) groups excluding carboxylic acids is 2. The molecule has 0 bridgehead atoms. The van der Waals surface area contributed by atoms with E-state index in [1.165, 1.54) is 0 Å². The van der Waals surface area contributed by atoms with Crippen LogP contribution in [0.1, 0.15) is 44.9 Å². The molecule has 1 atom stereocenters. The normalized spacial score (nSPS) is 15.0. The molecule has 3 aromatic rings. The van der Waals surface area contributed by atoms with E-state index in [9.17, 15) is 9.59 Å². The molecule has 1 aliphatic rings. The smallest absolute Gasteiger partial charge is 0.269 e. The van der Waals surface area contributed by atoms with Crippen LogP contribution in [0.2, 0.25) is 0 Å². The van der Waals surface area contributed by atoms with Gasteiger partial charge >= 0.3 is 0 Å². The Morgan fingerprint density at radius 2 is 1.67 bits per heavy atom. The minimum atomic E-state index is -0.171. The van der Waals surface area contributed by atoms with Crippen LogP contribution in [-0.4, -0.2) is 73.5 Å². The zero-order valence-corrected chi connectivity index (χ0v) is 22.2. The van der Waals surface area contributed by atoms with E-state index in [2.05, 4.69) is 34.3 Å². The summed E-state index contributed by atoms with van der Waals surface area (Å²) >= 11 is 0. The minimum Gasteiger partial charge on any atom is -0.369 e. The van der Waals surface area contributed by atoms with Crippen LogP contribution in [0, 0.1) is 6.92 Å². The van der Waals surface area contributed by atoms with Crippen molar-refractivity contribution < 1.29 is 9.59 Å². The predicted octanol–water partition coefficient (Wildman–Crippen LogP) is 3.95. The molecule has 4 rings (SSSR count). The van der Waals surface area contributed by atoms with Crippen molar-refractivity contribution in [2.45, 2.75) is 19.9 Å². The van der Waals surface area contributed by atoms with Crippen LogP contribution in [0.25, 0.3) is 11.1 Å². The number of hydrogen-bond acceptors (Lipinski definition) is 4. The van der Waals surface area contributed by atoms with Gasteiger partial charge in [0.05, 0.1) is 6.04 Å². The van der Waals surface area contributed by atoms with Gasteiger partial charge in [-0.05, 0) is 61.9 Å². The number of piperazine rings is 1. The lowest BCUT2D eigenvalue weighted by Gasteiger charge is -2.34. The van der Waals surface area contributed by atoms with E-state index in [-0.39, 0.29) is 17.9 Å². The third-order valence-corrected chi connectivity index (χ3v) is 7.03. The Morgan fingerprint density at radius 1 is 0.944 bits per heavy atom. The number of benzene rings is 2. The fraction of sp³-hybridized carbons (Fsp3) is 0.379. The summed E-state index contributed by atoms with van der Waals surface area (Å²) in [5.74, 6) is -0.102. The van der Waals surface area contributed by atoms with Crippen molar-refractivity contribution in [1.29, 1.82) is 0 Å². The second-order valence-corrected chi connectivity index (χ2v) is 10.0. The number of nitrogens with one attached hydrogen (secondary N) is 1. The van der Waals surface area contributed by atoms with Crippen molar-refractivity contribution in [3.63, 3.8) is 0 Å². The summed E-state index contributed by atoms with van der Waals surface area (Å²) < 4.78 is 1.85. The lowest BCUT2D eigenvalue weighted by molar-refractivity contribution is 0.0818. The topological polar surface area (TPSA) is 60.8 Å². The predicted molar refractivity (Wildman–Crippen MR) is 146 cm³/mol. The maximum Gasteiger partial charge on any atom is 0.269 e. The van der Waals surface area contributed by atoms with Gasteiger partial charge in [-0.15, -0.1) is 0 Å². The average molecular weight is 488 g/mol. The molecular formula is C29H37N5O2. The molecule has 36 heavy (non-hydrogen) atoms. The van der Waals surface area contributed by atoms with E-state index in [1.807, 2.05) is 68.1 Å². The molecule has 190 valence electrons. The van der Waals surface area contributed by atoms with Gasteiger partial charge in [0, 0.05) is 70.3 Å². The first-order valence-electron chi connectivity index (χ1n) is 12.5. The van der Waals surface area contributed by atoms with Gasteiger partial charge in [0.2, 0.25) is 0 Å². The van der Waals surface area contributed by atoms with Gasteiger partial charge in [0.15, 0.2) is 0 Å². The van der Waals surface area contributed by atoms with Gasteiger partial charge in [0.25, 0.3) is 11.8 Å². The summed E-state index contributed by atoms with van der Waals surface area (Å²) in [6.45, 7) is 7.96. The van der Waals surface area contributed by atoms with Crippen molar-refractivity contribution in [2.24, 2.45) is 7.05 Å². The zero-order valence-electron chi connectivity index (χ0n) is 22.2. The molecule has 1 N–H and O–H groups in total. The van der Waals surface area contributed by atoms with E-state index in [4.69, 9.17) is 0 Å². The van der Waals surface area contributed by atoms with Crippen LogP contribution in [0.4, 0.5) is 5.69 Å². The molecule has 0 radical (unpaired) electrons. The number of aryl methyl sites for hydroxylation is 2. The van der Waals surface area contributed by atoms with Gasteiger partial charge in [-0.25, -0.2) is 0 Å². The standard InChI is InChI=1S/C29H37N5O2/c1-20-10-11-25(34-14-12-32(5)13-15-34)18-26(20)28(35)30-21(2)22-8-7-9-23(16-22)24-17-27(33(6)19-24)29(36)31(3)4/h7-11,16-19,21H,12-15H2,1-6H3,(H,30,35)/t21-/m1/s1. The summed E-state index contributed by atoms with van der Waals surface area (Å²) in [5.41, 5.74) is 6.41. The van der Waals surface area contributed by atoms with Gasteiger partial charge in [0.1, 0.15) is 5.69 Å². The SMILES string of the molecule is Cc1ccc(N2CCN(C)CC2)cc1C(=O)N[C@H](C)c1cccc(-c2cc(C(=O)N(C)C)n(C)c2)c1. The van der Waals surface area contributed by atoms with Crippen molar-refractivity contribution in [3.05, 3.63) is 77.1 Å². The third kappa shape index (κ3) is 5.46. The first-order chi connectivity index (χ1) is 17.1. The average Bonchev–Trinajstić information content (AvgIpc) is 3.25. The van der Waals surface area contributed by atoms with E-state index in [0.717, 1.165) is 54.1 Å². The molecule has 2 amide bonds. The summed E-state index contributed by atoms with van der Waals surface area (Å²) in [7, 11) is 7.53. The Labute approximate surface area is 214 Å². The molecule has 7 nitrogen and oxygen atoms in total. The maximum atomic E-state index is 13.3. The van der Waals surface area contributed by atoms with Crippen LogP contribution in [0.5, 0.6) is 0 Å². The summed E-state index contributed by atoms with van der Waals surface area (Å²) in [4.78, 5) is 32.0. The lowest BCUT2D eigenvalue weighted by atomic mass is 10.0. The molecule has 0 spiro atoms. The van der Waals surface area contributed by atoms with Gasteiger partial charge in [-0.2, -0.15) is 0 Å². The van der Waals surface area contributed by atoms with E-state index in [0.29, 0.717) is 11.3 Å². The first kappa shape index (κ1) is 25.5. The van der Waals surface area contributed by atoms with Gasteiger partial charge in [-0.1, -0.05) is 24.3 Å². The number of aromatic nitrogens is 1. The highest BCUT2D eigenvalue weighted by molar-refractivity contribution is 5.97. The van der Waals surface area contributed by atoms with Crippen LogP contribution in [0.3, 0.4) is 0 Å². The highest BCUT2D eigenvalue weighted by Crippen LogP contribution is 2.26. The molecule has 1 saturated heterocycles. The summed E-state index contributed by atoms with van der Waals surface area (Å²) in [5, 5.41) is 3.19. The third-order valence-electron chi connectivity index (χ3n) is 7.03. The molecule has 2 aromatic carbocycles. The second kappa shape index (κ2) is 10.6. The van der Waals surface area contributed by atoms with Crippen molar-refractivity contribution >= 4 is 17.5 Å². The Hall–Kier alpha value is -3.58. The number of hydrogen-bond donors (Lipinski definition) is 1. The molecular weight excluding hydrogens is 450 g/mol. The Balaban J connectivity index is 1.51. The maximum absolute atomic E-state index is 13.3. The number of rotatable bonds is 6. The molecule has 0 unspecified atom stereocenters. The lowest BCUT2D eigenvalue weighted by Crippen LogP contribution is -2.44. The Morgan fingerprint density at radius 3 is 2.36 bits per heavy atom. The molecule has 0 saturated carbocycles. The van der Waals surface area contributed by atoms with Crippen LogP contribution in [0.15, 0.2) is 54.7 Å². The first-order valence-corrected chi connectivity index (χ1v) is 12.5. The van der Waals surface area contributed by atoms with E-state index >= 15 is 0 Å². The fourth-order valence-corrected chi connectivity index (χ4v) is 4.63. The molecule has 7 heteroatoms. The molecule has 2 heterocycles. The Bertz CT molecular complexity index is 1250. The van der Waals surface area contributed by atoms with Crippen LogP contribution < -0.4 is 10.2 Å². The molecule has 1 fully saturated rings. The quantitative estimate of drug-likeness (QED) is 0.572. The monoisotopic (exact) mass is 487 g/mol.